The standard InChI is InChI=1S/C21H18O2/c22-21(18-11-5-2-6-12-18)23-16-20-14-8-7-13-19(20)15-17-9-3-1-4-10-17/h1-14H,15-16H2. The average molecular weight is 302 g/mol. The second kappa shape index (κ2) is 7.41. The van der Waals surface area contributed by atoms with E-state index in [2.05, 4.69) is 18.2 Å². The number of rotatable bonds is 5. The van der Waals surface area contributed by atoms with E-state index in [4.69, 9.17) is 4.74 Å². The molecular weight excluding hydrogens is 284 g/mol. The smallest absolute Gasteiger partial charge is 0.338 e. The van der Waals surface area contributed by atoms with E-state index in [1.54, 1.807) is 12.1 Å². The van der Waals surface area contributed by atoms with Crippen molar-refractivity contribution in [2.75, 3.05) is 0 Å². The zero-order valence-corrected chi connectivity index (χ0v) is 12.8. The Morgan fingerprint density at radius 3 is 1.96 bits per heavy atom. The third-order valence-electron chi connectivity index (χ3n) is 3.72. The predicted molar refractivity (Wildman–Crippen MR) is 91.3 cm³/mol. The Hall–Kier alpha value is -2.87. The highest BCUT2D eigenvalue weighted by molar-refractivity contribution is 5.89. The fourth-order valence-electron chi connectivity index (χ4n) is 2.49. The third kappa shape index (κ3) is 4.07. The summed E-state index contributed by atoms with van der Waals surface area (Å²) in [5.41, 5.74) is 4.04. The first-order chi connectivity index (χ1) is 11.3. The van der Waals surface area contributed by atoms with Crippen LogP contribution in [0.4, 0.5) is 0 Å². The number of benzene rings is 3. The van der Waals surface area contributed by atoms with Crippen molar-refractivity contribution in [3.63, 3.8) is 0 Å². The van der Waals surface area contributed by atoms with Gasteiger partial charge in [0, 0.05) is 0 Å². The summed E-state index contributed by atoms with van der Waals surface area (Å²) in [6.45, 7) is 0.288. The van der Waals surface area contributed by atoms with Crippen molar-refractivity contribution in [1.82, 2.24) is 0 Å². The first-order valence-electron chi connectivity index (χ1n) is 7.66. The Balaban J connectivity index is 1.70. The molecule has 0 amide bonds. The van der Waals surface area contributed by atoms with Gasteiger partial charge in [-0.3, -0.25) is 0 Å². The SMILES string of the molecule is O=C(OCc1ccccc1Cc1ccccc1)c1ccccc1. The molecule has 0 fully saturated rings. The fraction of sp³-hybridized carbons (Fsp3) is 0.0952. The van der Waals surface area contributed by atoms with Crippen molar-refractivity contribution >= 4 is 5.97 Å². The maximum absolute atomic E-state index is 12.1. The lowest BCUT2D eigenvalue weighted by Crippen LogP contribution is -2.06. The quantitative estimate of drug-likeness (QED) is 0.642. The summed E-state index contributed by atoms with van der Waals surface area (Å²) < 4.78 is 5.45. The molecule has 3 rings (SSSR count). The molecule has 0 aliphatic heterocycles. The fourth-order valence-corrected chi connectivity index (χ4v) is 2.49. The zero-order valence-electron chi connectivity index (χ0n) is 12.8. The van der Waals surface area contributed by atoms with Crippen LogP contribution in [0.1, 0.15) is 27.0 Å². The summed E-state index contributed by atoms with van der Waals surface area (Å²) in [6, 6.07) is 27.4. The molecule has 0 spiro atoms. The van der Waals surface area contributed by atoms with E-state index in [1.807, 2.05) is 54.6 Å². The molecule has 2 nitrogen and oxygen atoms in total. The second-order valence-corrected chi connectivity index (χ2v) is 5.37. The molecule has 0 unspecified atom stereocenters. The second-order valence-electron chi connectivity index (χ2n) is 5.37. The van der Waals surface area contributed by atoms with E-state index >= 15 is 0 Å². The minimum atomic E-state index is -0.292. The normalized spacial score (nSPS) is 10.3. The van der Waals surface area contributed by atoms with Crippen molar-refractivity contribution in [2.45, 2.75) is 13.0 Å². The van der Waals surface area contributed by atoms with Gasteiger partial charge in [0.2, 0.25) is 0 Å². The van der Waals surface area contributed by atoms with Gasteiger partial charge in [-0.25, -0.2) is 4.79 Å². The molecule has 0 aliphatic rings. The van der Waals surface area contributed by atoms with Gasteiger partial charge in [-0.2, -0.15) is 0 Å². The Morgan fingerprint density at radius 1 is 0.696 bits per heavy atom. The summed E-state index contributed by atoms with van der Waals surface area (Å²) in [6.07, 6.45) is 0.833. The van der Waals surface area contributed by atoms with Crippen molar-refractivity contribution < 1.29 is 9.53 Å². The van der Waals surface area contributed by atoms with Crippen LogP contribution < -0.4 is 0 Å². The van der Waals surface area contributed by atoms with E-state index in [9.17, 15) is 4.79 Å². The number of carbonyl (C=O) groups is 1. The molecule has 3 aromatic rings. The molecule has 2 heteroatoms. The van der Waals surface area contributed by atoms with Crippen molar-refractivity contribution in [3.05, 3.63) is 107 Å². The van der Waals surface area contributed by atoms with Gasteiger partial charge in [-0.05, 0) is 35.2 Å². The van der Waals surface area contributed by atoms with Gasteiger partial charge in [-0.15, -0.1) is 0 Å². The highest BCUT2D eigenvalue weighted by Gasteiger charge is 2.09. The maximum Gasteiger partial charge on any atom is 0.338 e. The van der Waals surface area contributed by atoms with Crippen LogP contribution in [0.15, 0.2) is 84.9 Å². The number of hydrogen-bond donors (Lipinski definition) is 0. The Morgan fingerprint density at radius 2 is 1.26 bits per heavy atom. The molecule has 0 atom stereocenters. The highest BCUT2D eigenvalue weighted by Crippen LogP contribution is 2.16. The van der Waals surface area contributed by atoms with Gasteiger partial charge < -0.3 is 4.74 Å². The van der Waals surface area contributed by atoms with Crippen LogP contribution in [0, 0.1) is 0 Å². The van der Waals surface area contributed by atoms with Gasteiger partial charge in [0.05, 0.1) is 5.56 Å². The van der Waals surface area contributed by atoms with Crippen LogP contribution in [-0.4, -0.2) is 5.97 Å². The summed E-state index contributed by atoms with van der Waals surface area (Å²) in [5.74, 6) is -0.292. The minimum absolute atomic E-state index is 0.288. The summed E-state index contributed by atoms with van der Waals surface area (Å²) in [5, 5.41) is 0. The van der Waals surface area contributed by atoms with Crippen LogP contribution in [0.3, 0.4) is 0 Å². The number of carbonyl (C=O) groups excluding carboxylic acids is 1. The molecule has 0 heterocycles. The van der Waals surface area contributed by atoms with E-state index in [-0.39, 0.29) is 12.6 Å². The molecule has 3 aromatic carbocycles. The van der Waals surface area contributed by atoms with Gasteiger partial charge in [0.15, 0.2) is 0 Å². The van der Waals surface area contributed by atoms with Crippen molar-refractivity contribution in [3.8, 4) is 0 Å². The van der Waals surface area contributed by atoms with E-state index in [0.717, 1.165) is 12.0 Å². The molecule has 0 bridgehead atoms. The average Bonchev–Trinajstić information content (AvgIpc) is 2.62. The van der Waals surface area contributed by atoms with E-state index < -0.39 is 0 Å². The van der Waals surface area contributed by atoms with Crippen LogP contribution in [-0.2, 0) is 17.8 Å². The Bertz CT molecular complexity index is 764. The van der Waals surface area contributed by atoms with Crippen LogP contribution >= 0.6 is 0 Å². The minimum Gasteiger partial charge on any atom is -0.457 e. The number of ether oxygens (including phenoxy) is 1. The molecule has 23 heavy (non-hydrogen) atoms. The molecule has 0 saturated heterocycles. The number of esters is 1. The largest absolute Gasteiger partial charge is 0.457 e. The molecule has 0 N–H and O–H groups in total. The Kier molecular flexibility index (Phi) is 4.85. The Labute approximate surface area is 136 Å². The lowest BCUT2D eigenvalue weighted by molar-refractivity contribution is 0.0472. The van der Waals surface area contributed by atoms with Gasteiger partial charge in [-0.1, -0.05) is 72.8 Å². The topological polar surface area (TPSA) is 26.3 Å². The van der Waals surface area contributed by atoms with Gasteiger partial charge >= 0.3 is 5.97 Å². The summed E-state index contributed by atoms with van der Waals surface area (Å²) in [4.78, 5) is 12.1. The highest BCUT2D eigenvalue weighted by atomic mass is 16.5. The molecule has 114 valence electrons. The van der Waals surface area contributed by atoms with Crippen molar-refractivity contribution in [2.24, 2.45) is 0 Å². The first kappa shape index (κ1) is 15.0. The van der Waals surface area contributed by atoms with Crippen LogP contribution in [0.25, 0.3) is 0 Å². The number of hydrogen-bond acceptors (Lipinski definition) is 2. The lowest BCUT2D eigenvalue weighted by Gasteiger charge is -2.10. The summed E-state index contributed by atoms with van der Waals surface area (Å²) in [7, 11) is 0. The predicted octanol–water partition coefficient (Wildman–Crippen LogP) is 4.63. The first-order valence-corrected chi connectivity index (χ1v) is 7.66. The van der Waals surface area contributed by atoms with Gasteiger partial charge in [0.25, 0.3) is 0 Å². The molecule has 0 radical (unpaired) electrons. The van der Waals surface area contributed by atoms with Crippen LogP contribution in [0.2, 0.25) is 0 Å². The summed E-state index contributed by atoms with van der Waals surface area (Å²) >= 11 is 0. The van der Waals surface area contributed by atoms with Crippen LogP contribution in [0.5, 0.6) is 0 Å². The van der Waals surface area contributed by atoms with E-state index in [1.165, 1.54) is 11.1 Å². The lowest BCUT2D eigenvalue weighted by atomic mass is 10.0. The zero-order chi connectivity index (χ0) is 15.9. The molecule has 0 aromatic heterocycles. The van der Waals surface area contributed by atoms with Gasteiger partial charge in [0.1, 0.15) is 6.61 Å². The van der Waals surface area contributed by atoms with Crippen molar-refractivity contribution in [1.29, 1.82) is 0 Å². The molecular formula is C21H18O2. The molecule has 0 aliphatic carbocycles. The monoisotopic (exact) mass is 302 g/mol. The maximum atomic E-state index is 12.1. The molecule has 0 saturated carbocycles. The van der Waals surface area contributed by atoms with E-state index in [0.29, 0.717) is 5.56 Å². The third-order valence-corrected chi connectivity index (χ3v) is 3.72.